The molecule has 1 atom stereocenters. The normalized spacial score (nSPS) is 20.2. The second-order valence-corrected chi connectivity index (χ2v) is 7.67. The third kappa shape index (κ3) is 3.92. The van der Waals surface area contributed by atoms with E-state index >= 15 is 0 Å². The topological polar surface area (TPSA) is 36.4 Å². The molecule has 0 N–H and O–H groups in total. The van der Waals surface area contributed by atoms with Crippen molar-refractivity contribution < 1.29 is 4.79 Å². The fourth-order valence-electron chi connectivity index (χ4n) is 4.11. The lowest BCUT2D eigenvalue weighted by molar-refractivity contribution is -0.133. The molecule has 1 aliphatic carbocycles. The third-order valence-corrected chi connectivity index (χ3v) is 5.82. The predicted octanol–water partition coefficient (Wildman–Crippen LogP) is 3.50. The number of benzene rings is 1. The number of piperazine rings is 1. The standard InChI is InChI=1S/C21H24ClN3O/c22-20-8-5-16(14-23-20)15-24-9-11-25(12-10-24)21(26)13-18-7-6-17-3-1-2-4-19(17)18/h1-5,8,14,18H,6-7,9-13,15H2/t18-/m1/s1. The Morgan fingerprint density at radius 1 is 1.12 bits per heavy atom. The van der Waals surface area contributed by atoms with Gasteiger partial charge in [-0.25, -0.2) is 4.98 Å². The number of carbonyl (C=O) groups excluding carboxylic acids is 1. The average molecular weight is 370 g/mol. The van der Waals surface area contributed by atoms with E-state index in [4.69, 9.17) is 11.6 Å². The molecule has 4 rings (SSSR count). The summed E-state index contributed by atoms with van der Waals surface area (Å²) in [5.41, 5.74) is 3.97. The third-order valence-electron chi connectivity index (χ3n) is 5.60. The predicted molar refractivity (Wildman–Crippen MR) is 103 cm³/mol. The number of fused-ring (bicyclic) bond motifs is 1. The molecule has 2 aliphatic rings. The summed E-state index contributed by atoms with van der Waals surface area (Å²) in [7, 11) is 0. The molecule has 0 bridgehead atoms. The number of carbonyl (C=O) groups is 1. The van der Waals surface area contributed by atoms with Crippen molar-refractivity contribution in [3.05, 3.63) is 64.4 Å². The van der Waals surface area contributed by atoms with Crippen LogP contribution in [0.4, 0.5) is 0 Å². The van der Waals surface area contributed by atoms with Gasteiger partial charge in [-0.1, -0.05) is 41.9 Å². The molecule has 1 aromatic heterocycles. The molecule has 0 radical (unpaired) electrons. The SMILES string of the molecule is O=C(C[C@H]1CCc2ccccc21)N1CCN(Cc2ccc(Cl)nc2)CC1. The van der Waals surface area contributed by atoms with E-state index in [1.54, 1.807) is 0 Å². The van der Waals surface area contributed by atoms with Gasteiger partial charge in [0.15, 0.2) is 0 Å². The van der Waals surface area contributed by atoms with E-state index in [0.717, 1.165) is 51.1 Å². The number of halogens is 1. The van der Waals surface area contributed by atoms with Crippen molar-refractivity contribution in [3.8, 4) is 0 Å². The molecular weight excluding hydrogens is 346 g/mol. The van der Waals surface area contributed by atoms with Crippen LogP contribution in [0.3, 0.4) is 0 Å². The molecule has 1 amide bonds. The highest BCUT2D eigenvalue weighted by molar-refractivity contribution is 6.29. The van der Waals surface area contributed by atoms with Gasteiger partial charge in [-0.05, 0) is 41.5 Å². The lowest BCUT2D eigenvalue weighted by Crippen LogP contribution is -2.48. The van der Waals surface area contributed by atoms with Crippen LogP contribution in [0.15, 0.2) is 42.6 Å². The number of pyridine rings is 1. The molecule has 4 nitrogen and oxygen atoms in total. The summed E-state index contributed by atoms with van der Waals surface area (Å²) >= 11 is 5.84. The van der Waals surface area contributed by atoms with Gasteiger partial charge >= 0.3 is 0 Å². The zero-order valence-corrected chi connectivity index (χ0v) is 15.7. The molecule has 26 heavy (non-hydrogen) atoms. The number of rotatable bonds is 4. The van der Waals surface area contributed by atoms with Crippen molar-refractivity contribution in [2.24, 2.45) is 0 Å². The molecule has 136 valence electrons. The summed E-state index contributed by atoms with van der Waals surface area (Å²) in [4.78, 5) is 21.3. The van der Waals surface area contributed by atoms with Crippen LogP contribution >= 0.6 is 11.6 Å². The van der Waals surface area contributed by atoms with Gasteiger partial charge in [0, 0.05) is 45.3 Å². The van der Waals surface area contributed by atoms with Crippen LogP contribution in [0, 0.1) is 0 Å². The largest absolute Gasteiger partial charge is 0.340 e. The van der Waals surface area contributed by atoms with E-state index in [0.29, 0.717) is 23.4 Å². The maximum atomic E-state index is 12.7. The van der Waals surface area contributed by atoms with Gasteiger partial charge in [0.1, 0.15) is 5.15 Å². The summed E-state index contributed by atoms with van der Waals surface area (Å²) in [5, 5.41) is 0.526. The Morgan fingerprint density at radius 2 is 1.92 bits per heavy atom. The van der Waals surface area contributed by atoms with Crippen LogP contribution < -0.4 is 0 Å². The molecule has 2 heterocycles. The van der Waals surface area contributed by atoms with Crippen molar-refractivity contribution in [2.45, 2.75) is 31.7 Å². The number of aromatic nitrogens is 1. The lowest BCUT2D eigenvalue weighted by Gasteiger charge is -2.35. The van der Waals surface area contributed by atoms with Crippen LogP contribution in [0.2, 0.25) is 5.15 Å². The Labute approximate surface area is 159 Å². The Morgan fingerprint density at radius 3 is 2.69 bits per heavy atom. The number of hydrogen-bond acceptors (Lipinski definition) is 3. The Hall–Kier alpha value is -1.91. The molecule has 0 saturated carbocycles. The highest BCUT2D eigenvalue weighted by atomic mass is 35.5. The average Bonchev–Trinajstić information content (AvgIpc) is 3.07. The number of amides is 1. The Bertz CT molecular complexity index is 769. The molecule has 1 fully saturated rings. The first-order valence-electron chi connectivity index (χ1n) is 9.37. The number of aryl methyl sites for hydroxylation is 1. The summed E-state index contributed by atoms with van der Waals surface area (Å²) in [6.45, 7) is 4.32. The van der Waals surface area contributed by atoms with Gasteiger partial charge in [0.2, 0.25) is 5.91 Å². The van der Waals surface area contributed by atoms with Gasteiger partial charge in [0.05, 0.1) is 0 Å². The summed E-state index contributed by atoms with van der Waals surface area (Å²) in [6.07, 6.45) is 4.70. The summed E-state index contributed by atoms with van der Waals surface area (Å²) in [5.74, 6) is 0.705. The fraction of sp³-hybridized carbons (Fsp3) is 0.429. The van der Waals surface area contributed by atoms with Crippen molar-refractivity contribution in [1.29, 1.82) is 0 Å². The van der Waals surface area contributed by atoms with Crippen molar-refractivity contribution in [2.75, 3.05) is 26.2 Å². The molecule has 0 unspecified atom stereocenters. The Kier molecular flexibility index (Phi) is 5.23. The van der Waals surface area contributed by atoms with Crippen LogP contribution in [0.1, 0.15) is 35.4 Å². The molecule has 1 saturated heterocycles. The molecule has 1 aliphatic heterocycles. The smallest absolute Gasteiger partial charge is 0.223 e. The van der Waals surface area contributed by atoms with Gasteiger partial charge in [0.25, 0.3) is 0 Å². The molecule has 0 spiro atoms. The first kappa shape index (κ1) is 17.5. The fourth-order valence-corrected chi connectivity index (χ4v) is 4.22. The van der Waals surface area contributed by atoms with Crippen LogP contribution in [0.5, 0.6) is 0 Å². The summed E-state index contributed by atoms with van der Waals surface area (Å²) < 4.78 is 0. The number of hydrogen-bond donors (Lipinski definition) is 0. The minimum atomic E-state index is 0.305. The quantitative estimate of drug-likeness (QED) is 0.774. The number of nitrogens with zero attached hydrogens (tertiary/aromatic N) is 3. The highest BCUT2D eigenvalue weighted by Crippen LogP contribution is 2.35. The zero-order chi connectivity index (χ0) is 17.9. The maximum Gasteiger partial charge on any atom is 0.223 e. The van der Waals surface area contributed by atoms with E-state index in [9.17, 15) is 4.79 Å². The van der Waals surface area contributed by atoms with E-state index in [1.165, 1.54) is 11.1 Å². The second-order valence-electron chi connectivity index (χ2n) is 7.28. The monoisotopic (exact) mass is 369 g/mol. The van der Waals surface area contributed by atoms with Crippen LogP contribution in [-0.2, 0) is 17.8 Å². The first-order valence-corrected chi connectivity index (χ1v) is 9.75. The molecular formula is C21H24ClN3O. The lowest BCUT2D eigenvalue weighted by atomic mass is 9.97. The molecule has 5 heteroatoms. The van der Waals surface area contributed by atoms with E-state index < -0.39 is 0 Å². The summed E-state index contributed by atoms with van der Waals surface area (Å²) in [6, 6.07) is 12.4. The molecule has 2 aromatic rings. The second kappa shape index (κ2) is 7.77. The molecule has 1 aromatic carbocycles. The maximum absolute atomic E-state index is 12.7. The van der Waals surface area contributed by atoms with Gasteiger partial charge in [-0.15, -0.1) is 0 Å². The van der Waals surface area contributed by atoms with Crippen LogP contribution in [-0.4, -0.2) is 46.9 Å². The first-order chi connectivity index (χ1) is 12.7. The minimum Gasteiger partial charge on any atom is -0.340 e. The van der Waals surface area contributed by atoms with Gasteiger partial charge < -0.3 is 4.90 Å². The minimum absolute atomic E-state index is 0.305. The van der Waals surface area contributed by atoms with Crippen molar-refractivity contribution in [3.63, 3.8) is 0 Å². The van der Waals surface area contributed by atoms with Crippen molar-refractivity contribution >= 4 is 17.5 Å². The van der Waals surface area contributed by atoms with E-state index in [1.807, 2.05) is 23.2 Å². The van der Waals surface area contributed by atoms with E-state index in [2.05, 4.69) is 34.1 Å². The zero-order valence-electron chi connectivity index (χ0n) is 14.9. The highest BCUT2D eigenvalue weighted by Gasteiger charge is 2.28. The van der Waals surface area contributed by atoms with Crippen LogP contribution in [0.25, 0.3) is 0 Å². The Balaban J connectivity index is 1.28. The van der Waals surface area contributed by atoms with E-state index in [-0.39, 0.29) is 0 Å². The van der Waals surface area contributed by atoms with Gasteiger partial charge in [-0.2, -0.15) is 0 Å². The van der Waals surface area contributed by atoms with Gasteiger partial charge in [-0.3, -0.25) is 9.69 Å². The van der Waals surface area contributed by atoms with Crippen molar-refractivity contribution in [1.82, 2.24) is 14.8 Å².